The summed E-state index contributed by atoms with van der Waals surface area (Å²) < 4.78 is 26.3. The summed E-state index contributed by atoms with van der Waals surface area (Å²) in [5.41, 5.74) is -1.40. The van der Waals surface area contributed by atoms with E-state index in [0.717, 1.165) is 24.3 Å². The minimum atomic E-state index is -3.96. The number of hydrogen-bond donors (Lipinski definition) is 3. The molecule has 1 aromatic carbocycles. The van der Waals surface area contributed by atoms with Crippen molar-refractivity contribution in [3.05, 3.63) is 34.4 Å². The lowest BCUT2D eigenvalue weighted by molar-refractivity contribution is -0.384. The first-order chi connectivity index (χ1) is 10.1. The van der Waals surface area contributed by atoms with Crippen LogP contribution in [-0.4, -0.2) is 42.7 Å². The van der Waals surface area contributed by atoms with Crippen molar-refractivity contribution < 1.29 is 28.3 Å². The molecule has 122 valence electrons. The largest absolute Gasteiger partial charge is 0.481 e. The molecule has 0 heterocycles. The van der Waals surface area contributed by atoms with Crippen LogP contribution >= 0.6 is 0 Å². The van der Waals surface area contributed by atoms with Gasteiger partial charge in [-0.3, -0.25) is 14.9 Å². The molecular weight excluding hydrogens is 316 g/mol. The minimum Gasteiger partial charge on any atom is -0.481 e. The first-order valence-corrected chi connectivity index (χ1v) is 7.65. The summed E-state index contributed by atoms with van der Waals surface area (Å²) in [5.74, 6) is -1.16. The van der Waals surface area contributed by atoms with Crippen LogP contribution in [0.25, 0.3) is 0 Å². The predicted molar refractivity (Wildman–Crippen MR) is 75.7 cm³/mol. The van der Waals surface area contributed by atoms with Gasteiger partial charge in [0.05, 0.1) is 22.8 Å². The highest BCUT2D eigenvalue weighted by Crippen LogP contribution is 2.21. The van der Waals surface area contributed by atoms with Crippen LogP contribution in [0.4, 0.5) is 5.69 Å². The number of aliphatic hydroxyl groups is 1. The van der Waals surface area contributed by atoms with Crippen molar-refractivity contribution in [2.45, 2.75) is 18.2 Å². The van der Waals surface area contributed by atoms with E-state index in [1.807, 2.05) is 0 Å². The third-order valence-corrected chi connectivity index (χ3v) is 4.42. The van der Waals surface area contributed by atoms with Crippen LogP contribution in [0.2, 0.25) is 0 Å². The van der Waals surface area contributed by atoms with Gasteiger partial charge in [-0.1, -0.05) is 6.92 Å². The van der Waals surface area contributed by atoms with Gasteiger partial charge in [-0.25, -0.2) is 13.1 Å². The SMILES string of the molecule is CC(CO)(CNS(=O)(=O)c1ccc([N+](=O)[O-])cc1)CC(=O)O. The first kappa shape index (κ1) is 18.0. The number of non-ortho nitro benzene ring substituents is 1. The molecule has 0 aromatic heterocycles. The zero-order chi connectivity index (χ0) is 17.0. The zero-order valence-corrected chi connectivity index (χ0v) is 12.5. The topological polar surface area (TPSA) is 147 Å². The summed E-state index contributed by atoms with van der Waals surface area (Å²) in [6.07, 6.45) is -0.410. The van der Waals surface area contributed by atoms with Crippen LogP contribution in [-0.2, 0) is 14.8 Å². The van der Waals surface area contributed by atoms with Gasteiger partial charge in [0.15, 0.2) is 0 Å². The van der Waals surface area contributed by atoms with E-state index in [4.69, 9.17) is 5.11 Å². The molecule has 10 heteroatoms. The maximum atomic E-state index is 12.1. The number of carbonyl (C=O) groups is 1. The molecule has 3 N–H and O–H groups in total. The van der Waals surface area contributed by atoms with Crippen LogP contribution in [0.3, 0.4) is 0 Å². The average molecular weight is 332 g/mol. The molecule has 1 unspecified atom stereocenters. The van der Waals surface area contributed by atoms with E-state index in [1.54, 1.807) is 0 Å². The van der Waals surface area contributed by atoms with Crippen LogP contribution in [0, 0.1) is 15.5 Å². The van der Waals surface area contributed by atoms with Crippen molar-refractivity contribution in [1.29, 1.82) is 0 Å². The number of aliphatic hydroxyl groups excluding tert-OH is 1. The van der Waals surface area contributed by atoms with Gasteiger partial charge in [-0.05, 0) is 12.1 Å². The van der Waals surface area contributed by atoms with Gasteiger partial charge in [0.25, 0.3) is 5.69 Å². The first-order valence-electron chi connectivity index (χ1n) is 6.16. The Bertz CT molecular complexity index is 657. The maximum Gasteiger partial charge on any atom is 0.304 e. The second-order valence-corrected chi connectivity index (χ2v) is 6.88. The molecule has 9 nitrogen and oxygen atoms in total. The predicted octanol–water partition coefficient (Wildman–Crippen LogP) is 0.346. The molecule has 0 aliphatic heterocycles. The number of nitrogens with one attached hydrogen (secondary N) is 1. The smallest absolute Gasteiger partial charge is 0.304 e. The minimum absolute atomic E-state index is 0.186. The second kappa shape index (κ2) is 6.81. The van der Waals surface area contributed by atoms with E-state index >= 15 is 0 Å². The Kier molecular flexibility index (Phi) is 5.58. The fourth-order valence-corrected chi connectivity index (χ4v) is 2.84. The Hall–Kier alpha value is -2.04. The van der Waals surface area contributed by atoms with E-state index in [1.165, 1.54) is 6.92 Å². The highest BCUT2D eigenvalue weighted by atomic mass is 32.2. The number of carboxylic acids is 1. The van der Waals surface area contributed by atoms with Gasteiger partial charge < -0.3 is 10.2 Å². The van der Waals surface area contributed by atoms with Crippen LogP contribution in [0.5, 0.6) is 0 Å². The highest BCUT2D eigenvalue weighted by molar-refractivity contribution is 7.89. The van der Waals surface area contributed by atoms with E-state index in [0.29, 0.717) is 0 Å². The molecule has 0 spiro atoms. The summed E-state index contributed by atoms with van der Waals surface area (Å²) in [4.78, 5) is 20.4. The Labute approximate surface area is 126 Å². The Morgan fingerprint density at radius 2 is 1.91 bits per heavy atom. The fourth-order valence-electron chi connectivity index (χ4n) is 1.64. The third kappa shape index (κ3) is 4.76. The van der Waals surface area contributed by atoms with Gasteiger partial charge in [0, 0.05) is 24.1 Å². The highest BCUT2D eigenvalue weighted by Gasteiger charge is 2.29. The summed E-state index contributed by atoms with van der Waals surface area (Å²) in [5, 5.41) is 28.5. The van der Waals surface area contributed by atoms with E-state index in [9.17, 15) is 28.4 Å². The molecule has 0 radical (unpaired) electrons. The van der Waals surface area contributed by atoms with E-state index < -0.39 is 39.4 Å². The van der Waals surface area contributed by atoms with Gasteiger partial charge in [-0.2, -0.15) is 0 Å². The summed E-state index contributed by atoms with van der Waals surface area (Å²) >= 11 is 0. The lowest BCUT2D eigenvalue weighted by Crippen LogP contribution is -2.39. The average Bonchev–Trinajstić information content (AvgIpc) is 2.45. The number of carboxylic acid groups (broad SMARTS) is 1. The van der Waals surface area contributed by atoms with Gasteiger partial charge in [-0.15, -0.1) is 0 Å². The zero-order valence-electron chi connectivity index (χ0n) is 11.7. The Morgan fingerprint density at radius 1 is 1.36 bits per heavy atom. The number of hydrogen-bond acceptors (Lipinski definition) is 6. The monoisotopic (exact) mass is 332 g/mol. The van der Waals surface area contributed by atoms with Crippen LogP contribution in [0.15, 0.2) is 29.2 Å². The van der Waals surface area contributed by atoms with Gasteiger partial charge in [0.2, 0.25) is 10.0 Å². The number of benzene rings is 1. The van der Waals surface area contributed by atoms with Crippen LogP contribution < -0.4 is 4.72 Å². The van der Waals surface area contributed by atoms with Crippen LogP contribution in [0.1, 0.15) is 13.3 Å². The molecule has 0 amide bonds. The number of sulfonamides is 1. The van der Waals surface area contributed by atoms with Crippen molar-refractivity contribution in [2.75, 3.05) is 13.2 Å². The molecule has 0 aliphatic carbocycles. The van der Waals surface area contributed by atoms with Gasteiger partial charge in [0.1, 0.15) is 0 Å². The lowest BCUT2D eigenvalue weighted by atomic mass is 9.88. The molecule has 22 heavy (non-hydrogen) atoms. The van der Waals surface area contributed by atoms with Crippen molar-refractivity contribution >= 4 is 21.7 Å². The van der Waals surface area contributed by atoms with Crippen molar-refractivity contribution in [2.24, 2.45) is 5.41 Å². The van der Waals surface area contributed by atoms with Crippen molar-refractivity contribution in [3.63, 3.8) is 0 Å². The molecule has 1 rings (SSSR count). The maximum absolute atomic E-state index is 12.1. The lowest BCUT2D eigenvalue weighted by Gasteiger charge is -2.25. The summed E-state index contributed by atoms with van der Waals surface area (Å²) in [6, 6.07) is 4.26. The standard InChI is InChI=1S/C12H16N2O7S/c1-12(8-15,6-11(16)17)7-13-22(20,21)10-4-2-9(3-5-10)14(18)19/h2-5,13,15H,6-8H2,1H3,(H,16,17). The van der Waals surface area contributed by atoms with E-state index in [-0.39, 0.29) is 17.1 Å². The molecule has 1 aromatic rings. The summed E-state index contributed by atoms with van der Waals surface area (Å²) in [6.45, 7) is 0.636. The molecule has 1 atom stereocenters. The summed E-state index contributed by atoms with van der Waals surface area (Å²) in [7, 11) is -3.96. The number of aliphatic carboxylic acids is 1. The third-order valence-electron chi connectivity index (χ3n) is 3.01. The van der Waals surface area contributed by atoms with E-state index in [2.05, 4.69) is 4.72 Å². The molecule has 0 fully saturated rings. The van der Waals surface area contributed by atoms with Crippen molar-refractivity contribution in [1.82, 2.24) is 4.72 Å². The molecule has 0 saturated heterocycles. The molecule has 0 bridgehead atoms. The van der Waals surface area contributed by atoms with Gasteiger partial charge >= 0.3 is 5.97 Å². The Balaban J connectivity index is 2.87. The normalized spacial score (nSPS) is 14.3. The molecule has 0 saturated carbocycles. The molecular formula is C12H16N2O7S. The molecule has 0 aliphatic rings. The second-order valence-electron chi connectivity index (χ2n) is 5.11. The number of nitrogens with zero attached hydrogens (tertiary/aromatic N) is 1. The number of nitro groups is 1. The van der Waals surface area contributed by atoms with Crippen molar-refractivity contribution in [3.8, 4) is 0 Å². The number of rotatable bonds is 8. The Morgan fingerprint density at radius 3 is 2.32 bits per heavy atom. The fraction of sp³-hybridized carbons (Fsp3) is 0.417. The number of nitro benzene ring substituents is 1. The quantitative estimate of drug-likeness (QED) is 0.459.